The molecule has 0 spiro atoms. The molecule has 1 saturated heterocycles. The van der Waals surface area contributed by atoms with Gasteiger partial charge in [0.05, 0.1) is 30.0 Å². The number of aryl methyl sites for hydroxylation is 2. The van der Waals surface area contributed by atoms with Gasteiger partial charge in [0.1, 0.15) is 5.60 Å². The average molecular weight is 249 g/mol. The number of hydrogen-bond donors (Lipinski definition) is 1. The molecular weight excluding hydrogens is 230 g/mol. The Balaban J connectivity index is 2.13. The molecule has 1 aliphatic rings. The van der Waals surface area contributed by atoms with E-state index in [4.69, 9.17) is 0 Å². The maximum atomic E-state index is 12.3. The fourth-order valence-corrected chi connectivity index (χ4v) is 2.06. The van der Waals surface area contributed by atoms with Gasteiger partial charge < -0.3 is 10.0 Å². The molecule has 1 aromatic rings. The second-order valence-corrected chi connectivity index (χ2v) is 5.40. The Hall–Kier alpha value is -1.49. The molecule has 1 fully saturated rings. The fourth-order valence-electron chi connectivity index (χ4n) is 2.06. The van der Waals surface area contributed by atoms with Gasteiger partial charge in [-0.25, -0.2) is 0 Å². The predicted molar refractivity (Wildman–Crippen MR) is 67.2 cm³/mol. The van der Waals surface area contributed by atoms with E-state index in [1.807, 2.05) is 20.8 Å². The lowest BCUT2D eigenvalue weighted by Gasteiger charge is -2.49. The zero-order valence-electron chi connectivity index (χ0n) is 11.3. The van der Waals surface area contributed by atoms with E-state index in [0.29, 0.717) is 24.3 Å². The quantitative estimate of drug-likeness (QED) is 0.847. The van der Waals surface area contributed by atoms with E-state index in [1.54, 1.807) is 17.9 Å². The maximum Gasteiger partial charge on any atom is 0.256 e. The predicted octanol–water partition coefficient (Wildman–Crippen LogP) is 0.936. The largest absolute Gasteiger partial charge is 0.386 e. The Morgan fingerprint density at radius 2 is 2.00 bits per heavy atom. The molecule has 0 radical (unpaired) electrons. The Bertz CT molecular complexity index is 479. The highest BCUT2D eigenvalue weighted by molar-refractivity contribution is 5.96. The van der Waals surface area contributed by atoms with Crippen LogP contribution in [0.3, 0.4) is 0 Å². The SMILES string of the molecule is Cc1cc(C(=O)N2CC(O)(C(C)C)C2)c(C)nn1. The summed E-state index contributed by atoms with van der Waals surface area (Å²) in [7, 11) is 0. The van der Waals surface area contributed by atoms with Crippen LogP contribution in [0.2, 0.25) is 0 Å². The summed E-state index contributed by atoms with van der Waals surface area (Å²) in [5, 5.41) is 18.0. The fraction of sp³-hybridized carbons (Fsp3) is 0.615. The van der Waals surface area contributed by atoms with Crippen molar-refractivity contribution in [1.82, 2.24) is 15.1 Å². The van der Waals surface area contributed by atoms with Gasteiger partial charge in [-0.15, -0.1) is 0 Å². The van der Waals surface area contributed by atoms with Crippen molar-refractivity contribution in [3.63, 3.8) is 0 Å². The highest BCUT2D eigenvalue weighted by Crippen LogP contribution is 2.29. The first-order valence-electron chi connectivity index (χ1n) is 6.16. The summed E-state index contributed by atoms with van der Waals surface area (Å²) in [6.07, 6.45) is 0. The van der Waals surface area contributed by atoms with E-state index in [2.05, 4.69) is 10.2 Å². The van der Waals surface area contributed by atoms with E-state index < -0.39 is 5.60 Å². The van der Waals surface area contributed by atoms with Crippen molar-refractivity contribution in [2.24, 2.45) is 5.92 Å². The summed E-state index contributed by atoms with van der Waals surface area (Å²) in [6.45, 7) is 8.29. The van der Waals surface area contributed by atoms with Gasteiger partial charge in [-0.2, -0.15) is 10.2 Å². The molecule has 0 atom stereocenters. The highest BCUT2D eigenvalue weighted by Gasteiger charge is 2.46. The average Bonchev–Trinajstić information content (AvgIpc) is 2.27. The van der Waals surface area contributed by atoms with Gasteiger partial charge in [0.2, 0.25) is 0 Å². The lowest BCUT2D eigenvalue weighted by atomic mass is 9.82. The van der Waals surface area contributed by atoms with Crippen molar-refractivity contribution in [2.75, 3.05) is 13.1 Å². The van der Waals surface area contributed by atoms with Crippen LogP contribution in [-0.4, -0.2) is 44.8 Å². The lowest BCUT2D eigenvalue weighted by molar-refractivity contribution is -0.110. The highest BCUT2D eigenvalue weighted by atomic mass is 16.3. The van der Waals surface area contributed by atoms with Crippen LogP contribution in [0.15, 0.2) is 6.07 Å². The third-order valence-corrected chi connectivity index (χ3v) is 3.62. The summed E-state index contributed by atoms with van der Waals surface area (Å²) >= 11 is 0. The number of carbonyl (C=O) groups excluding carboxylic acids is 1. The van der Waals surface area contributed by atoms with Gasteiger partial charge in [0.25, 0.3) is 5.91 Å². The van der Waals surface area contributed by atoms with Crippen molar-refractivity contribution in [2.45, 2.75) is 33.3 Å². The van der Waals surface area contributed by atoms with Crippen LogP contribution >= 0.6 is 0 Å². The molecule has 1 amide bonds. The van der Waals surface area contributed by atoms with Crippen molar-refractivity contribution in [3.05, 3.63) is 23.0 Å². The molecule has 1 aromatic heterocycles. The number of likely N-dealkylation sites (tertiary alicyclic amines) is 1. The zero-order chi connectivity index (χ0) is 13.5. The number of amides is 1. The first-order valence-corrected chi connectivity index (χ1v) is 6.16. The molecule has 2 heterocycles. The molecule has 5 heteroatoms. The monoisotopic (exact) mass is 249 g/mol. The Morgan fingerprint density at radius 3 is 2.56 bits per heavy atom. The molecule has 5 nitrogen and oxygen atoms in total. The van der Waals surface area contributed by atoms with Gasteiger partial charge in [-0.05, 0) is 25.8 Å². The number of hydrogen-bond acceptors (Lipinski definition) is 4. The summed E-state index contributed by atoms with van der Waals surface area (Å²) in [5.74, 6) is 0.0794. The number of rotatable bonds is 2. The normalized spacial score (nSPS) is 17.8. The van der Waals surface area contributed by atoms with Crippen LogP contribution in [0.4, 0.5) is 0 Å². The molecule has 0 aliphatic carbocycles. The molecule has 0 bridgehead atoms. The molecular formula is C13H19N3O2. The summed E-state index contributed by atoms with van der Waals surface area (Å²) in [4.78, 5) is 13.9. The molecule has 0 saturated carbocycles. The smallest absolute Gasteiger partial charge is 0.256 e. The first-order chi connectivity index (χ1) is 8.33. The molecule has 0 aromatic carbocycles. The van der Waals surface area contributed by atoms with E-state index in [0.717, 1.165) is 5.69 Å². The van der Waals surface area contributed by atoms with Crippen LogP contribution in [0, 0.1) is 19.8 Å². The van der Waals surface area contributed by atoms with E-state index in [-0.39, 0.29) is 11.8 Å². The number of nitrogens with zero attached hydrogens (tertiary/aromatic N) is 3. The lowest BCUT2D eigenvalue weighted by Crippen LogP contribution is -2.66. The van der Waals surface area contributed by atoms with Crippen molar-refractivity contribution >= 4 is 5.91 Å². The zero-order valence-corrected chi connectivity index (χ0v) is 11.3. The third kappa shape index (κ3) is 2.10. The first kappa shape index (κ1) is 13.0. The van der Waals surface area contributed by atoms with Crippen LogP contribution in [0.1, 0.15) is 35.6 Å². The molecule has 18 heavy (non-hydrogen) atoms. The Labute approximate surface area is 107 Å². The minimum Gasteiger partial charge on any atom is -0.386 e. The van der Waals surface area contributed by atoms with Crippen molar-refractivity contribution < 1.29 is 9.90 Å². The minimum absolute atomic E-state index is 0.0733. The maximum absolute atomic E-state index is 12.3. The van der Waals surface area contributed by atoms with Crippen LogP contribution in [-0.2, 0) is 0 Å². The second kappa shape index (κ2) is 4.31. The molecule has 0 unspecified atom stereocenters. The Kier molecular flexibility index (Phi) is 3.11. The summed E-state index contributed by atoms with van der Waals surface area (Å²) in [6, 6.07) is 1.75. The van der Waals surface area contributed by atoms with E-state index in [9.17, 15) is 9.90 Å². The standard InChI is InChI=1S/C13H19N3O2/c1-8(2)13(18)6-16(7-13)12(17)11-5-9(3)14-15-10(11)4/h5,8,18H,6-7H2,1-4H3. The van der Waals surface area contributed by atoms with Gasteiger partial charge in [-0.1, -0.05) is 13.8 Å². The van der Waals surface area contributed by atoms with Gasteiger partial charge in [0.15, 0.2) is 0 Å². The number of aliphatic hydroxyl groups is 1. The van der Waals surface area contributed by atoms with Gasteiger partial charge >= 0.3 is 0 Å². The number of carbonyl (C=O) groups is 1. The number of β-amino-alcohol motifs (C(OH)–C–C–N with tert-alkyl or cyclic N) is 1. The molecule has 2 rings (SSSR count). The summed E-state index contributed by atoms with van der Waals surface area (Å²) in [5.41, 5.74) is 1.20. The topological polar surface area (TPSA) is 66.3 Å². The van der Waals surface area contributed by atoms with E-state index >= 15 is 0 Å². The van der Waals surface area contributed by atoms with Crippen molar-refractivity contribution in [3.8, 4) is 0 Å². The Morgan fingerprint density at radius 1 is 1.39 bits per heavy atom. The summed E-state index contributed by atoms with van der Waals surface area (Å²) < 4.78 is 0. The van der Waals surface area contributed by atoms with Crippen LogP contribution in [0.25, 0.3) is 0 Å². The van der Waals surface area contributed by atoms with E-state index in [1.165, 1.54) is 0 Å². The molecule has 1 aliphatic heterocycles. The molecule has 1 N–H and O–H groups in total. The number of aromatic nitrogens is 2. The third-order valence-electron chi connectivity index (χ3n) is 3.62. The molecule has 98 valence electrons. The second-order valence-electron chi connectivity index (χ2n) is 5.40. The van der Waals surface area contributed by atoms with Gasteiger partial charge in [-0.3, -0.25) is 4.79 Å². The van der Waals surface area contributed by atoms with Gasteiger partial charge in [0, 0.05) is 0 Å². The van der Waals surface area contributed by atoms with Crippen LogP contribution < -0.4 is 0 Å². The van der Waals surface area contributed by atoms with Crippen molar-refractivity contribution in [1.29, 1.82) is 0 Å². The van der Waals surface area contributed by atoms with Crippen LogP contribution in [0.5, 0.6) is 0 Å². The minimum atomic E-state index is -0.737.